The first-order valence-electron chi connectivity index (χ1n) is 11.4. The van der Waals surface area contributed by atoms with E-state index in [0.717, 1.165) is 16.2 Å². The summed E-state index contributed by atoms with van der Waals surface area (Å²) < 4.78 is 47.6. The highest BCUT2D eigenvalue weighted by atomic mass is 32.2. The molecule has 0 saturated carbocycles. The van der Waals surface area contributed by atoms with Crippen LogP contribution in [0.5, 0.6) is 5.75 Å². The lowest BCUT2D eigenvalue weighted by Crippen LogP contribution is -2.30. The average Bonchev–Trinajstić information content (AvgIpc) is 3.47. The third-order valence-electron chi connectivity index (χ3n) is 5.69. The molecule has 0 aliphatic heterocycles. The molecule has 0 radical (unpaired) electrons. The zero-order chi connectivity index (χ0) is 26.1. The second-order valence-corrected chi connectivity index (χ2v) is 13.9. The van der Waals surface area contributed by atoms with Gasteiger partial charge in [0.05, 0.1) is 11.7 Å². The van der Waals surface area contributed by atoms with Crippen molar-refractivity contribution in [1.82, 2.24) is 13.1 Å². The minimum absolute atomic E-state index is 0.0934. The summed E-state index contributed by atoms with van der Waals surface area (Å²) in [6, 6.07) is 2.08. The van der Waals surface area contributed by atoms with E-state index in [0.29, 0.717) is 29.7 Å². The number of thiophene rings is 2. The SMILES string of the molecule is CCN(CC)S(=O)(=O)c1sc(C)c(Nc2n[s+]([O-])nc2N[C@@H](c2cc(C(C)C)cs2)C(C)C)c1O. The third kappa shape index (κ3) is 5.81. The molecule has 3 aromatic heterocycles. The van der Waals surface area contributed by atoms with Crippen LogP contribution in [-0.4, -0.2) is 44.2 Å². The standard InChI is InChI=1S/C22H33N5O4S4/c1-8-27(9-2)35(30,31)22-19(28)18(14(7)33-22)24-21-20(25-34(29)26-21)23-17(13(5)6)16-10-15(11-32-16)12(3)4/h10-13,17,28H,8-9H2,1-7H3,(H,23,25)(H,24,26)/t17-,34?/m1/s1. The highest BCUT2D eigenvalue weighted by Crippen LogP contribution is 2.45. The van der Waals surface area contributed by atoms with Crippen molar-refractivity contribution in [3.05, 3.63) is 26.8 Å². The Morgan fingerprint density at radius 1 is 1.17 bits per heavy atom. The van der Waals surface area contributed by atoms with Gasteiger partial charge < -0.3 is 20.3 Å². The predicted molar refractivity (Wildman–Crippen MR) is 144 cm³/mol. The molecular weight excluding hydrogens is 527 g/mol. The first-order chi connectivity index (χ1) is 16.4. The fourth-order valence-corrected chi connectivity index (χ4v) is 8.63. The Kier molecular flexibility index (Phi) is 8.82. The minimum Gasteiger partial charge on any atom is -0.546 e. The number of rotatable bonds is 11. The van der Waals surface area contributed by atoms with Crippen molar-refractivity contribution in [2.75, 3.05) is 23.7 Å². The van der Waals surface area contributed by atoms with Crippen LogP contribution in [0.1, 0.15) is 68.8 Å². The van der Waals surface area contributed by atoms with Crippen LogP contribution in [0.25, 0.3) is 0 Å². The van der Waals surface area contributed by atoms with Gasteiger partial charge in [-0.3, -0.25) is 0 Å². The van der Waals surface area contributed by atoms with Crippen LogP contribution in [0, 0.1) is 12.8 Å². The van der Waals surface area contributed by atoms with Gasteiger partial charge in [0.1, 0.15) is 0 Å². The van der Waals surface area contributed by atoms with Gasteiger partial charge in [0.15, 0.2) is 21.1 Å². The van der Waals surface area contributed by atoms with E-state index in [1.807, 2.05) is 0 Å². The van der Waals surface area contributed by atoms with Crippen molar-refractivity contribution in [3.63, 3.8) is 0 Å². The Morgan fingerprint density at radius 3 is 2.34 bits per heavy atom. The minimum atomic E-state index is -3.85. The van der Waals surface area contributed by atoms with E-state index in [1.54, 1.807) is 32.1 Å². The number of nitrogens with one attached hydrogen (secondary N) is 2. The van der Waals surface area contributed by atoms with Crippen molar-refractivity contribution < 1.29 is 18.1 Å². The molecule has 9 nitrogen and oxygen atoms in total. The number of aromatic hydroxyl groups is 1. The third-order valence-corrected chi connectivity index (χ3v) is 11.0. The van der Waals surface area contributed by atoms with Gasteiger partial charge in [0.2, 0.25) is 11.6 Å². The first kappa shape index (κ1) is 27.8. The van der Waals surface area contributed by atoms with Gasteiger partial charge in [-0.25, -0.2) is 8.42 Å². The monoisotopic (exact) mass is 559 g/mol. The summed E-state index contributed by atoms with van der Waals surface area (Å²) in [6.07, 6.45) is 0. The number of hydrogen-bond donors (Lipinski definition) is 3. The summed E-state index contributed by atoms with van der Waals surface area (Å²) in [5.41, 5.74) is 1.47. The predicted octanol–water partition coefficient (Wildman–Crippen LogP) is 6.05. The van der Waals surface area contributed by atoms with Crippen LogP contribution in [-0.2, 0) is 10.0 Å². The Balaban J connectivity index is 1.95. The Labute approximate surface area is 218 Å². The van der Waals surface area contributed by atoms with E-state index in [4.69, 9.17) is 0 Å². The summed E-state index contributed by atoms with van der Waals surface area (Å²) >= 11 is 0.811. The molecule has 35 heavy (non-hydrogen) atoms. The van der Waals surface area contributed by atoms with Crippen molar-refractivity contribution >= 4 is 61.2 Å². The Bertz CT molecular complexity index is 1260. The van der Waals surface area contributed by atoms with Crippen molar-refractivity contribution in [2.24, 2.45) is 5.92 Å². The molecule has 0 bridgehead atoms. The second kappa shape index (κ2) is 11.1. The quantitative estimate of drug-likeness (QED) is 0.242. The molecule has 194 valence electrons. The fourth-order valence-electron chi connectivity index (χ4n) is 3.62. The summed E-state index contributed by atoms with van der Waals surface area (Å²) in [7, 11) is -3.85. The largest absolute Gasteiger partial charge is 0.546 e. The second-order valence-electron chi connectivity index (χ2n) is 8.80. The maximum atomic E-state index is 13.0. The molecule has 3 heterocycles. The molecule has 3 N–H and O–H groups in total. The topological polar surface area (TPSA) is 131 Å². The van der Waals surface area contributed by atoms with Gasteiger partial charge in [0, 0.05) is 31.6 Å². The Morgan fingerprint density at radius 2 is 1.80 bits per heavy atom. The number of anilines is 3. The molecule has 13 heteroatoms. The first-order valence-corrected chi connectivity index (χ1v) is 15.6. The van der Waals surface area contributed by atoms with Crippen molar-refractivity contribution in [2.45, 2.75) is 64.6 Å². The molecule has 3 aromatic rings. The molecule has 0 saturated heterocycles. The summed E-state index contributed by atoms with van der Waals surface area (Å²) in [6.45, 7) is 14.3. The van der Waals surface area contributed by atoms with Gasteiger partial charge in [0.25, 0.3) is 10.0 Å². The van der Waals surface area contributed by atoms with Gasteiger partial charge >= 0.3 is 0 Å². The van der Waals surface area contributed by atoms with Crippen LogP contribution in [0.4, 0.5) is 17.3 Å². The van der Waals surface area contributed by atoms with E-state index in [-0.39, 0.29) is 33.4 Å². The average molecular weight is 560 g/mol. The fraction of sp³-hybridized carbons (Fsp3) is 0.545. The maximum absolute atomic E-state index is 13.0. The van der Waals surface area contributed by atoms with Crippen LogP contribution >= 0.6 is 33.8 Å². The summed E-state index contributed by atoms with van der Waals surface area (Å²) in [4.78, 5) is 1.69. The lowest BCUT2D eigenvalue weighted by molar-refractivity contribution is 0.434. The molecule has 1 unspecified atom stereocenters. The molecule has 0 aliphatic rings. The highest BCUT2D eigenvalue weighted by Gasteiger charge is 2.32. The van der Waals surface area contributed by atoms with E-state index >= 15 is 0 Å². The van der Waals surface area contributed by atoms with Crippen LogP contribution in [0.2, 0.25) is 0 Å². The molecule has 0 aromatic carbocycles. The lowest BCUT2D eigenvalue weighted by atomic mass is 10.00. The van der Waals surface area contributed by atoms with Crippen LogP contribution in [0.3, 0.4) is 0 Å². The normalized spacial score (nSPS) is 13.7. The van der Waals surface area contributed by atoms with Crippen molar-refractivity contribution in [3.8, 4) is 5.75 Å². The van der Waals surface area contributed by atoms with Gasteiger partial charge in [-0.15, -0.1) is 22.7 Å². The molecule has 3 rings (SSSR count). The number of aromatic nitrogens is 2. The summed E-state index contributed by atoms with van der Waals surface area (Å²) in [5.74, 6) is 0.736. The maximum Gasteiger partial charge on any atom is 0.256 e. The van der Waals surface area contributed by atoms with E-state index < -0.39 is 21.2 Å². The number of aryl methyl sites for hydroxylation is 1. The van der Waals surface area contributed by atoms with Gasteiger partial charge in [-0.1, -0.05) is 41.5 Å². The molecular formula is C22H33N5O4S4. The van der Waals surface area contributed by atoms with Crippen LogP contribution in [0.15, 0.2) is 15.7 Å². The smallest absolute Gasteiger partial charge is 0.256 e. The van der Waals surface area contributed by atoms with Gasteiger partial charge in [-0.2, -0.15) is 4.31 Å². The molecule has 2 atom stereocenters. The van der Waals surface area contributed by atoms with Gasteiger partial charge in [-0.05, 0) is 35.8 Å². The molecule has 0 amide bonds. The zero-order valence-electron chi connectivity index (χ0n) is 20.9. The number of nitrogens with zero attached hydrogens (tertiary/aromatic N) is 3. The van der Waals surface area contributed by atoms with Crippen LogP contribution < -0.4 is 10.6 Å². The molecule has 0 aliphatic carbocycles. The highest BCUT2D eigenvalue weighted by molar-refractivity contribution is 7.91. The number of sulfonamides is 1. The lowest BCUT2D eigenvalue weighted by Gasteiger charge is -2.21. The summed E-state index contributed by atoms with van der Waals surface area (Å²) in [5, 5.41) is 19.4. The van der Waals surface area contributed by atoms with E-state index in [1.165, 1.54) is 9.87 Å². The van der Waals surface area contributed by atoms with Crippen molar-refractivity contribution in [1.29, 1.82) is 0 Å². The molecule has 0 spiro atoms. The molecule has 0 fully saturated rings. The number of hydrogen-bond acceptors (Lipinski definition) is 10. The zero-order valence-corrected chi connectivity index (χ0v) is 24.2. The van der Waals surface area contributed by atoms with E-state index in [2.05, 4.69) is 58.5 Å². The van der Waals surface area contributed by atoms with E-state index in [9.17, 15) is 18.1 Å². The Hall–Kier alpha value is -1.77.